The Morgan fingerprint density at radius 2 is 1.97 bits per heavy atom. The maximum atomic E-state index is 14.3. The highest BCUT2D eigenvalue weighted by molar-refractivity contribution is 6.33. The van der Waals surface area contributed by atoms with Gasteiger partial charge in [0.1, 0.15) is 11.0 Å². The Balaban J connectivity index is 1.52. The van der Waals surface area contributed by atoms with Crippen LogP contribution in [0, 0.1) is 19.7 Å². The zero-order valence-corrected chi connectivity index (χ0v) is 17.8. The lowest BCUT2D eigenvalue weighted by molar-refractivity contribution is 0.0932. The Kier molecular flexibility index (Phi) is 5.77. The topological polar surface area (TPSA) is 50.2 Å². The van der Waals surface area contributed by atoms with Gasteiger partial charge in [-0.05, 0) is 56.5 Å². The zero-order valence-electron chi connectivity index (χ0n) is 17.0. The van der Waals surface area contributed by atoms with Crippen molar-refractivity contribution in [2.75, 3.05) is 18.0 Å². The molecule has 1 aromatic heterocycles. The molecule has 0 radical (unpaired) electrons. The summed E-state index contributed by atoms with van der Waals surface area (Å²) in [6.45, 7) is 5.03. The van der Waals surface area contributed by atoms with Gasteiger partial charge in [0.2, 0.25) is 0 Å². The molecule has 1 saturated heterocycles. The third kappa shape index (κ3) is 4.05. The lowest BCUT2D eigenvalue weighted by Crippen LogP contribution is -2.48. The van der Waals surface area contributed by atoms with Gasteiger partial charge >= 0.3 is 0 Å². The van der Waals surface area contributed by atoms with Crippen LogP contribution in [0.25, 0.3) is 5.69 Å². The standard InChI is InChI=1S/C23H24ClFN4O/c1-15-10-11-19(25)20(13-15)28-12-6-7-17(14-28)26-23(30)21-16(2)27-29(22(21)24)18-8-4-3-5-9-18/h3-5,8-11,13,17H,6-7,12,14H2,1-2H3,(H,26,30). The van der Waals surface area contributed by atoms with E-state index in [1.165, 1.54) is 6.07 Å². The van der Waals surface area contributed by atoms with Crippen molar-refractivity contribution < 1.29 is 9.18 Å². The summed E-state index contributed by atoms with van der Waals surface area (Å²) in [6.07, 6.45) is 1.70. The number of aromatic nitrogens is 2. The molecule has 0 spiro atoms. The number of anilines is 1. The fraction of sp³-hybridized carbons (Fsp3) is 0.304. The minimum absolute atomic E-state index is 0.0956. The number of amides is 1. The molecule has 30 heavy (non-hydrogen) atoms. The highest BCUT2D eigenvalue weighted by atomic mass is 35.5. The van der Waals surface area contributed by atoms with Gasteiger partial charge in [0.15, 0.2) is 0 Å². The molecule has 1 aliphatic heterocycles. The molecular formula is C23H24ClFN4O. The Bertz CT molecular complexity index is 1070. The summed E-state index contributed by atoms with van der Waals surface area (Å²) in [4.78, 5) is 15.0. The van der Waals surface area contributed by atoms with Gasteiger partial charge in [0.05, 0.1) is 22.6 Å². The molecule has 156 valence electrons. The number of carbonyl (C=O) groups is 1. The molecule has 3 aromatic rings. The maximum Gasteiger partial charge on any atom is 0.256 e. The minimum atomic E-state index is -0.253. The van der Waals surface area contributed by atoms with Gasteiger partial charge in [0.25, 0.3) is 5.91 Å². The van der Waals surface area contributed by atoms with Gasteiger partial charge in [0, 0.05) is 19.1 Å². The van der Waals surface area contributed by atoms with Crippen LogP contribution in [0.3, 0.4) is 0 Å². The van der Waals surface area contributed by atoms with Crippen molar-refractivity contribution in [3.8, 4) is 5.69 Å². The predicted molar refractivity (Wildman–Crippen MR) is 117 cm³/mol. The molecule has 0 bridgehead atoms. The third-order valence-electron chi connectivity index (χ3n) is 5.43. The smallest absolute Gasteiger partial charge is 0.256 e. The first-order chi connectivity index (χ1) is 14.4. The van der Waals surface area contributed by atoms with Gasteiger partial charge in [-0.3, -0.25) is 4.79 Å². The number of aryl methyl sites for hydroxylation is 2. The maximum absolute atomic E-state index is 14.3. The van der Waals surface area contributed by atoms with E-state index in [9.17, 15) is 9.18 Å². The van der Waals surface area contributed by atoms with Gasteiger partial charge < -0.3 is 10.2 Å². The molecule has 2 heterocycles. The molecule has 1 unspecified atom stereocenters. The number of rotatable bonds is 4. The van der Waals surface area contributed by atoms with E-state index in [0.29, 0.717) is 23.5 Å². The first-order valence-corrected chi connectivity index (χ1v) is 10.4. The predicted octanol–water partition coefficient (Wildman–Crippen LogP) is 4.68. The Labute approximate surface area is 180 Å². The van der Waals surface area contributed by atoms with Crippen molar-refractivity contribution in [3.05, 3.63) is 76.3 Å². The third-order valence-corrected chi connectivity index (χ3v) is 5.78. The van der Waals surface area contributed by atoms with Crippen LogP contribution in [0.5, 0.6) is 0 Å². The Morgan fingerprint density at radius 3 is 2.73 bits per heavy atom. The number of nitrogens with zero attached hydrogens (tertiary/aromatic N) is 3. The summed E-state index contributed by atoms with van der Waals surface area (Å²) < 4.78 is 15.9. The average Bonchev–Trinajstić information content (AvgIpc) is 3.04. The van der Waals surface area contributed by atoms with E-state index < -0.39 is 0 Å². The SMILES string of the molecule is Cc1ccc(F)c(N2CCCC(NC(=O)c3c(C)nn(-c4ccccc4)c3Cl)C2)c1. The van der Waals surface area contributed by atoms with Crippen LogP contribution in [0.1, 0.15) is 34.5 Å². The number of nitrogens with one attached hydrogen (secondary N) is 1. The first-order valence-electron chi connectivity index (χ1n) is 10.1. The van der Waals surface area contributed by atoms with Crippen molar-refractivity contribution in [1.29, 1.82) is 0 Å². The number of halogens is 2. The molecule has 1 amide bonds. The van der Waals surface area contributed by atoms with Gasteiger partial charge in [-0.25, -0.2) is 9.07 Å². The molecule has 0 aliphatic carbocycles. The lowest BCUT2D eigenvalue weighted by atomic mass is 10.0. The van der Waals surface area contributed by atoms with Crippen LogP contribution >= 0.6 is 11.6 Å². The van der Waals surface area contributed by atoms with Crippen LogP contribution in [0.4, 0.5) is 10.1 Å². The molecular weight excluding hydrogens is 403 g/mol. The van der Waals surface area contributed by atoms with Crippen LogP contribution in [-0.2, 0) is 0 Å². The van der Waals surface area contributed by atoms with E-state index in [2.05, 4.69) is 10.4 Å². The van der Waals surface area contributed by atoms with E-state index in [0.717, 1.165) is 30.6 Å². The lowest BCUT2D eigenvalue weighted by Gasteiger charge is -2.35. The molecule has 2 aromatic carbocycles. The minimum Gasteiger partial charge on any atom is -0.367 e. The van der Waals surface area contributed by atoms with Crippen molar-refractivity contribution >= 4 is 23.2 Å². The quantitative estimate of drug-likeness (QED) is 0.659. The molecule has 1 N–H and O–H groups in total. The summed E-state index contributed by atoms with van der Waals surface area (Å²) in [5.41, 5.74) is 3.33. The molecule has 7 heteroatoms. The second kappa shape index (κ2) is 8.48. The van der Waals surface area contributed by atoms with E-state index >= 15 is 0 Å². The molecule has 5 nitrogen and oxygen atoms in total. The highest BCUT2D eigenvalue weighted by Crippen LogP contribution is 2.26. The highest BCUT2D eigenvalue weighted by Gasteiger charge is 2.27. The number of piperidine rings is 1. The number of hydrogen-bond donors (Lipinski definition) is 1. The molecule has 1 aliphatic rings. The van der Waals surface area contributed by atoms with Crippen molar-refractivity contribution in [1.82, 2.24) is 15.1 Å². The van der Waals surface area contributed by atoms with Gasteiger partial charge in [-0.15, -0.1) is 0 Å². The van der Waals surface area contributed by atoms with Crippen molar-refractivity contribution in [3.63, 3.8) is 0 Å². The number of hydrogen-bond acceptors (Lipinski definition) is 3. The number of benzene rings is 2. The Morgan fingerprint density at radius 1 is 1.20 bits per heavy atom. The van der Waals surface area contributed by atoms with Crippen molar-refractivity contribution in [2.24, 2.45) is 0 Å². The van der Waals surface area contributed by atoms with Crippen LogP contribution in [0.15, 0.2) is 48.5 Å². The molecule has 1 atom stereocenters. The van der Waals surface area contributed by atoms with E-state index in [-0.39, 0.29) is 22.9 Å². The fourth-order valence-corrected chi connectivity index (χ4v) is 4.29. The van der Waals surface area contributed by atoms with Crippen LogP contribution < -0.4 is 10.2 Å². The van der Waals surface area contributed by atoms with Crippen LogP contribution in [-0.4, -0.2) is 34.8 Å². The summed E-state index contributed by atoms with van der Waals surface area (Å²) in [5.74, 6) is -0.494. The average molecular weight is 427 g/mol. The largest absolute Gasteiger partial charge is 0.367 e. The summed E-state index contributed by atoms with van der Waals surface area (Å²) in [7, 11) is 0. The Hall–Kier alpha value is -2.86. The normalized spacial score (nSPS) is 16.5. The zero-order chi connectivity index (χ0) is 21.3. The second-order valence-electron chi connectivity index (χ2n) is 7.71. The van der Waals surface area contributed by atoms with E-state index in [1.54, 1.807) is 17.7 Å². The number of carbonyl (C=O) groups excluding carboxylic acids is 1. The summed E-state index contributed by atoms with van der Waals surface area (Å²) in [6, 6.07) is 14.5. The van der Waals surface area contributed by atoms with Gasteiger partial charge in [-0.2, -0.15) is 5.10 Å². The number of para-hydroxylation sites is 1. The van der Waals surface area contributed by atoms with Gasteiger partial charge in [-0.1, -0.05) is 35.9 Å². The summed E-state index contributed by atoms with van der Waals surface area (Å²) >= 11 is 6.52. The van der Waals surface area contributed by atoms with Crippen molar-refractivity contribution in [2.45, 2.75) is 32.7 Å². The van der Waals surface area contributed by atoms with Crippen LogP contribution in [0.2, 0.25) is 5.15 Å². The van der Waals surface area contributed by atoms with E-state index in [4.69, 9.17) is 11.6 Å². The van der Waals surface area contributed by atoms with E-state index in [1.807, 2.05) is 48.2 Å². The second-order valence-corrected chi connectivity index (χ2v) is 8.07. The first kappa shape index (κ1) is 20.4. The summed E-state index contributed by atoms with van der Waals surface area (Å²) in [5, 5.41) is 7.80. The molecule has 4 rings (SSSR count). The monoisotopic (exact) mass is 426 g/mol. The molecule has 1 fully saturated rings. The fourth-order valence-electron chi connectivity index (χ4n) is 3.93. The molecule has 0 saturated carbocycles.